The molecule has 5 heteroatoms. The zero-order chi connectivity index (χ0) is 16.1. The molecule has 1 amide bonds. The number of hydrogen-bond donors (Lipinski definition) is 2. The second-order valence-corrected chi connectivity index (χ2v) is 6.96. The van der Waals surface area contributed by atoms with Gasteiger partial charge in [0.05, 0.1) is 12.2 Å². The first kappa shape index (κ1) is 19.1. The maximum Gasteiger partial charge on any atom is 0.255 e. The van der Waals surface area contributed by atoms with Gasteiger partial charge in [-0.1, -0.05) is 31.4 Å². The quantitative estimate of drug-likeness (QED) is 0.788. The van der Waals surface area contributed by atoms with E-state index in [-0.39, 0.29) is 24.4 Å². The summed E-state index contributed by atoms with van der Waals surface area (Å²) in [5.74, 6) is 1.82. The lowest BCUT2D eigenvalue weighted by molar-refractivity contribution is 0.0911. The predicted octanol–water partition coefficient (Wildman–Crippen LogP) is 3.53. The van der Waals surface area contributed by atoms with Gasteiger partial charge in [-0.3, -0.25) is 4.79 Å². The molecule has 0 saturated heterocycles. The molecule has 2 aliphatic rings. The third-order valence-electron chi connectivity index (χ3n) is 5.09. The highest BCUT2D eigenvalue weighted by atomic mass is 35.5. The lowest BCUT2D eigenvalue weighted by Gasteiger charge is -2.30. The zero-order valence-electron chi connectivity index (χ0n) is 14.2. The number of amides is 1. The molecule has 1 atom stereocenters. The van der Waals surface area contributed by atoms with Gasteiger partial charge in [-0.05, 0) is 49.7 Å². The molecule has 24 heavy (non-hydrogen) atoms. The van der Waals surface area contributed by atoms with Gasteiger partial charge < -0.3 is 15.8 Å². The van der Waals surface area contributed by atoms with Crippen molar-refractivity contribution < 1.29 is 9.53 Å². The van der Waals surface area contributed by atoms with E-state index < -0.39 is 0 Å². The number of para-hydroxylation sites is 1. The first-order valence-electron chi connectivity index (χ1n) is 9.00. The minimum atomic E-state index is -0.0579. The van der Waals surface area contributed by atoms with E-state index in [9.17, 15) is 4.79 Å². The smallest absolute Gasteiger partial charge is 0.255 e. The SMILES string of the molecule is Cl.NCC(NC(=O)c1ccccc1OCC1CC1)C1CCCCC1. The standard InChI is InChI=1S/C19H28N2O2.ClH/c20-12-17(15-6-2-1-3-7-15)21-19(22)16-8-4-5-9-18(16)23-13-14-10-11-14;/h4-5,8-9,14-15,17H,1-3,6-7,10-13,20H2,(H,21,22);1H. The third-order valence-corrected chi connectivity index (χ3v) is 5.09. The van der Waals surface area contributed by atoms with E-state index >= 15 is 0 Å². The lowest BCUT2D eigenvalue weighted by Crippen LogP contribution is -2.46. The van der Waals surface area contributed by atoms with Crippen LogP contribution in [0.25, 0.3) is 0 Å². The fourth-order valence-corrected chi connectivity index (χ4v) is 3.42. The molecule has 0 aromatic heterocycles. The summed E-state index contributed by atoms with van der Waals surface area (Å²) in [6.07, 6.45) is 8.62. The molecular weight excluding hydrogens is 324 g/mol. The van der Waals surface area contributed by atoms with Crippen molar-refractivity contribution >= 4 is 18.3 Å². The van der Waals surface area contributed by atoms with Crippen molar-refractivity contribution in [2.24, 2.45) is 17.6 Å². The number of halogens is 1. The Morgan fingerprint density at radius 2 is 1.88 bits per heavy atom. The summed E-state index contributed by atoms with van der Waals surface area (Å²) in [5, 5.41) is 3.15. The lowest BCUT2D eigenvalue weighted by atomic mass is 9.84. The summed E-state index contributed by atoms with van der Waals surface area (Å²) in [4.78, 5) is 12.7. The summed E-state index contributed by atoms with van der Waals surface area (Å²) in [6.45, 7) is 1.22. The number of benzene rings is 1. The topological polar surface area (TPSA) is 64.3 Å². The Morgan fingerprint density at radius 1 is 1.17 bits per heavy atom. The first-order valence-corrected chi connectivity index (χ1v) is 9.00. The Hall–Kier alpha value is -1.26. The van der Waals surface area contributed by atoms with E-state index in [4.69, 9.17) is 10.5 Å². The fourth-order valence-electron chi connectivity index (χ4n) is 3.42. The van der Waals surface area contributed by atoms with Crippen LogP contribution in [0.15, 0.2) is 24.3 Å². The molecule has 2 saturated carbocycles. The minimum absolute atomic E-state index is 0. The molecule has 1 unspecified atom stereocenters. The largest absolute Gasteiger partial charge is 0.492 e. The van der Waals surface area contributed by atoms with Crippen LogP contribution >= 0.6 is 12.4 Å². The van der Waals surface area contributed by atoms with Crippen LogP contribution in [0.1, 0.15) is 55.3 Å². The number of hydrogen-bond acceptors (Lipinski definition) is 3. The average Bonchev–Trinajstić information content (AvgIpc) is 3.43. The number of nitrogens with two attached hydrogens (primary N) is 1. The Balaban J connectivity index is 0.00000208. The van der Waals surface area contributed by atoms with Gasteiger partial charge in [0, 0.05) is 12.6 Å². The van der Waals surface area contributed by atoms with Crippen LogP contribution in [0.5, 0.6) is 5.75 Å². The van der Waals surface area contributed by atoms with Gasteiger partial charge in [0.15, 0.2) is 0 Å². The summed E-state index contributed by atoms with van der Waals surface area (Å²) in [5.41, 5.74) is 6.56. The van der Waals surface area contributed by atoms with Gasteiger partial charge in [-0.25, -0.2) is 0 Å². The van der Waals surface area contributed by atoms with Crippen LogP contribution < -0.4 is 15.8 Å². The van der Waals surface area contributed by atoms with Crippen molar-refractivity contribution in [3.05, 3.63) is 29.8 Å². The van der Waals surface area contributed by atoms with E-state index in [1.807, 2.05) is 24.3 Å². The summed E-state index contributed by atoms with van der Waals surface area (Å²) in [7, 11) is 0. The van der Waals surface area contributed by atoms with Gasteiger partial charge in [0.1, 0.15) is 5.75 Å². The van der Waals surface area contributed by atoms with Gasteiger partial charge in [-0.2, -0.15) is 0 Å². The highest BCUT2D eigenvalue weighted by molar-refractivity contribution is 5.97. The number of ether oxygens (including phenoxy) is 1. The molecule has 0 aliphatic heterocycles. The normalized spacial score (nSPS) is 19.2. The number of carbonyl (C=O) groups is 1. The van der Waals surface area contributed by atoms with Gasteiger partial charge in [0.2, 0.25) is 0 Å². The fraction of sp³-hybridized carbons (Fsp3) is 0.632. The molecule has 0 bridgehead atoms. The zero-order valence-corrected chi connectivity index (χ0v) is 15.0. The Bertz CT molecular complexity index is 528. The molecule has 4 nitrogen and oxygen atoms in total. The van der Waals surface area contributed by atoms with Crippen LogP contribution in [-0.4, -0.2) is 25.1 Å². The predicted molar refractivity (Wildman–Crippen MR) is 98.8 cm³/mol. The second kappa shape index (κ2) is 9.28. The van der Waals surface area contributed by atoms with E-state index in [0.29, 0.717) is 36.3 Å². The highest BCUT2D eigenvalue weighted by Gasteiger charge is 2.26. The molecular formula is C19H29ClN2O2. The summed E-state index contributed by atoms with van der Waals surface area (Å²) < 4.78 is 5.85. The van der Waals surface area contributed by atoms with Gasteiger partial charge >= 0.3 is 0 Å². The molecule has 1 aromatic rings. The van der Waals surface area contributed by atoms with Crippen LogP contribution in [0, 0.1) is 11.8 Å². The maximum absolute atomic E-state index is 12.7. The number of nitrogens with one attached hydrogen (secondary N) is 1. The molecule has 3 N–H and O–H groups in total. The van der Waals surface area contributed by atoms with Crippen molar-refractivity contribution in [2.75, 3.05) is 13.2 Å². The van der Waals surface area contributed by atoms with E-state index in [2.05, 4.69) is 5.32 Å². The van der Waals surface area contributed by atoms with Crippen LogP contribution in [0.2, 0.25) is 0 Å². The first-order chi connectivity index (χ1) is 11.3. The minimum Gasteiger partial charge on any atom is -0.492 e. The summed E-state index contributed by atoms with van der Waals surface area (Å²) in [6, 6.07) is 7.60. The monoisotopic (exact) mass is 352 g/mol. The van der Waals surface area contributed by atoms with Crippen molar-refractivity contribution in [1.29, 1.82) is 0 Å². The molecule has 0 radical (unpaired) electrons. The Kier molecular flexibility index (Phi) is 7.38. The molecule has 0 spiro atoms. The number of rotatable bonds is 7. The van der Waals surface area contributed by atoms with Crippen molar-refractivity contribution in [1.82, 2.24) is 5.32 Å². The van der Waals surface area contributed by atoms with Crippen LogP contribution in [0.4, 0.5) is 0 Å². The molecule has 2 fully saturated rings. The van der Waals surface area contributed by atoms with Crippen molar-refractivity contribution in [3.63, 3.8) is 0 Å². The van der Waals surface area contributed by atoms with Crippen molar-refractivity contribution in [2.45, 2.75) is 51.0 Å². The van der Waals surface area contributed by atoms with E-state index in [0.717, 1.165) is 0 Å². The highest BCUT2D eigenvalue weighted by Crippen LogP contribution is 2.30. The second-order valence-electron chi connectivity index (χ2n) is 6.96. The average molecular weight is 353 g/mol. The third kappa shape index (κ3) is 5.12. The Labute approximate surface area is 150 Å². The molecule has 0 heterocycles. The molecule has 2 aliphatic carbocycles. The summed E-state index contributed by atoms with van der Waals surface area (Å²) >= 11 is 0. The molecule has 1 aromatic carbocycles. The van der Waals surface area contributed by atoms with Gasteiger partial charge in [-0.15, -0.1) is 12.4 Å². The van der Waals surface area contributed by atoms with E-state index in [1.165, 1.54) is 44.9 Å². The van der Waals surface area contributed by atoms with Crippen molar-refractivity contribution in [3.8, 4) is 5.75 Å². The number of carbonyl (C=O) groups excluding carboxylic acids is 1. The molecule has 134 valence electrons. The van der Waals surface area contributed by atoms with E-state index in [1.54, 1.807) is 0 Å². The maximum atomic E-state index is 12.7. The van der Waals surface area contributed by atoms with Crippen LogP contribution in [-0.2, 0) is 0 Å². The Morgan fingerprint density at radius 3 is 2.54 bits per heavy atom. The molecule has 3 rings (SSSR count). The van der Waals surface area contributed by atoms with Gasteiger partial charge in [0.25, 0.3) is 5.91 Å². The van der Waals surface area contributed by atoms with Crippen LogP contribution in [0.3, 0.4) is 0 Å².